The fraction of sp³-hybridized carbons (Fsp3) is 0.615. The van der Waals surface area contributed by atoms with Gasteiger partial charge in [0.15, 0.2) is 0 Å². The summed E-state index contributed by atoms with van der Waals surface area (Å²) in [5, 5.41) is 3.20. The van der Waals surface area contributed by atoms with Crippen molar-refractivity contribution in [1.29, 1.82) is 0 Å². The summed E-state index contributed by atoms with van der Waals surface area (Å²) < 4.78 is 37.2. The Morgan fingerprint density at radius 3 is 2.47 bits per heavy atom. The first kappa shape index (κ1) is 14.1. The fourth-order valence-corrected chi connectivity index (χ4v) is 2.25. The fourth-order valence-electron chi connectivity index (χ4n) is 2.25. The van der Waals surface area contributed by atoms with Crippen LogP contribution >= 0.6 is 0 Å². The molecule has 0 aliphatic carbocycles. The molecule has 2 heterocycles. The smallest absolute Gasteiger partial charge is 0.367 e. The Kier molecular flexibility index (Phi) is 4.29. The van der Waals surface area contributed by atoms with Crippen LogP contribution in [0.1, 0.15) is 25.3 Å². The molecule has 19 heavy (non-hydrogen) atoms. The van der Waals surface area contributed by atoms with Crippen LogP contribution in [0.25, 0.3) is 0 Å². The van der Waals surface area contributed by atoms with E-state index in [1.807, 2.05) is 0 Å². The standard InChI is InChI=1S/C13H18F3N3/c1-2-19-7-5-11(6-8-19)18-12-4-3-10(9-17-12)13(14,15)16/h3-4,9,11H,2,5-8H2,1H3,(H,17,18). The predicted octanol–water partition coefficient (Wildman–Crippen LogP) is 3.00. The molecule has 1 aliphatic heterocycles. The number of halogens is 3. The summed E-state index contributed by atoms with van der Waals surface area (Å²) in [7, 11) is 0. The SMILES string of the molecule is CCN1CCC(Nc2ccc(C(F)(F)F)cn2)CC1. The highest BCUT2D eigenvalue weighted by molar-refractivity contribution is 5.37. The van der Waals surface area contributed by atoms with Crippen molar-refractivity contribution in [3.8, 4) is 0 Å². The molecule has 3 nitrogen and oxygen atoms in total. The van der Waals surface area contributed by atoms with E-state index in [-0.39, 0.29) is 0 Å². The third-order valence-electron chi connectivity index (χ3n) is 3.48. The zero-order valence-electron chi connectivity index (χ0n) is 10.9. The number of hydrogen-bond acceptors (Lipinski definition) is 3. The molecule has 0 atom stereocenters. The minimum Gasteiger partial charge on any atom is -0.367 e. The summed E-state index contributed by atoms with van der Waals surface area (Å²) in [6, 6.07) is 2.76. The molecule has 1 aliphatic rings. The molecule has 6 heteroatoms. The highest BCUT2D eigenvalue weighted by Gasteiger charge is 2.30. The van der Waals surface area contributed by atoms with Crippen molar-refractivity contribution in [2.75, 3.05) is 25.0 Å². The van der Waals surface area contributed by atoms with E-state index in [0.717, 1.165) is 44.7 Å². The molecule has 106 valence electrons. The minimum absolute atomic E-state index is 0.298. The molecule has 2 rings (SSSR count). The quantitative estimate of drug-likeness (QED) is 0.917. The number of piperidine rings is 1. The maximum Gasteiger partial charge on any atom is 0.417 e. The molecule has 1 fully saturated rings. The van der Waals surface area contributed by atoms with E-state index in [9.17, 15) is 13.2 Å². The molecule has 0 bridgehead atoms. The zero-order chi connectivity index (χ0) is 13.9. The number of anilines is 1. The molecular weight excluding hydrogens is 255 g/mol. The second-order valence-electron chi connectivity index (χ2n) is 4.78. The second kappa shape index (κ2) is 5.77. The summed E-state index contributed by atoms with van der Waals surface area (Å²) in [5.41, 5.74) is -0.709. The molecule has 0 aromatic carbocycles. The van der Waals surface area contributed by atoms with Gasteiger partial charge in [-0.1, -0.05) is 6.92 Å². The lowest BCUT2D eigenvalue weighted by Gasteiger charge is -2.31. The minimum atomic E-state index is -4.32. The lowest BCUT2D eigenvalue weighted by molar-refractivity contribution is -0.137. The number of aromatic nitrogens is 1. The number of alkyl halides is 3. The Morgan fingerprint density at radius 1 is 1.32 bits per heavy atom. The summed E-state index contributed by atoms with van der Waals surface area (Å²) in [6.45, 7) is 5.22. The van der Waals surface area contributed by atoms with Crippen LogP contribution in [0.15, 0.2) is 18.3 Å². The highest BCUT2D eigenvalue weighted by Crippen LogP contribution is 2.29. The van der Waals surface area contributed by atoms with E-state index in [4.69, 9.17) is 0 Å². The second-order valence-corrected chi connectivity index (χ2v) is 4.78. The van der Waals surface area contributed by atoms with Crippen LogP contribution in [0.5, 0.6) is 0 Å². The topological polar surface area (TPSA) is 28.2 Å². The van der Waals surface area contributed by atoms with Crippen molar-refractivity contribution in [2.24, 2.45) is 0 Å². The van der Waals surface area contributed by atoms with E-state index in [2.05, 4.69) is 22.1 Å². The molecule has 0 saturated carbocycles. The Balaban J connectivity index is 1.90. The summed E-state index contributed by atoms with van der Waals surface area (Å²) in [5.74, 6) is 0.517. The lowest BCUT2D eigenvalue weighted by Crippen LogP contribution is -2.39. The van der Waals surface area contributed by atoms with Crippen molar-refractivity contribution in [2.45, 2.75) is 32.0 Å². The highest BCUT2D eigenvalue weighted by atomic mass is 19.4. The number of nitrogens with zero attached hydrogens (tertiary/aromatic N) is 2. The Bertz CT molecular complexity index is 395. The first-order chi connectivity index (χ1) is 8.99. The van der Waals surface area contributed by atoms with E-state index < -0.39 is 11.7 Å². The summed E-state index contributed by atoms with van der Waals surface area (Å²) in [6.07, 6.45) is -1.45. The van der Waals surface area contributed by atoms with Crippen LogP contribution < -0.4 is 5.32 Å². The molecule has 0 radical (unpaired) electrons. The third kappa shape index (κ3) is 3.83. The van der Waals surface area contributed by atoms with Crippen molar-refractivity contribution >= 4 is 5.82 Å². The molecule has 1 saturated heterocycles. The molecular formula is C13H18F3N3. The Labute approximate surface area is 110 Å². The van der Waals surface area contributed by atoms with Crippen LogP contribution in [-0.4, -0.2) is 35.6 Å². The van der Waals surface area contributed by atoms with Gasteiger partial charge in [0.2, 0.25) is 0 Å². The zero-order valence-corrected chi connectivity index (χ0v) is 10.9. The van der Waals surface area contributed by atoms with Gasteiger partial charge in [0, 0.05) is 25.3 Å². The number of likely N-dealkylation sites (tertiary alicyclic amines) is 1. The van der Waals surface area contributed by atoms with Crippen molar-refractivity contribution in [1.82, 2.24) is 9.88 Å². The maximum atomic E-state index is 12.4. The van der Waals surface area contributed by atoms with Gasteiger partial charge in [-0.2, -0.15) is 13.2 Å². The van der Waals surface area contributed by atoms with Gasteiger partial charge in [-0.3, -0.25) is 0 Å². The largest absolute Gasteiger partial charge is 0.417 e. The Morgan fingerprint density at radius 2 is 2.00 bits per heavy atom. The van der Waals surface area contributed by atoms with Crippen molar-refractivity contribution in [3.63, 3.8) is 0 Å². The van der Waals surface area contributed by atoms with Crippen LogP contribution in [0.3, 0.4) is 0 Å². The maximum absolute atomic E-state index is 12.4. The van der Waals surface area contributed by atoms with Crippen LogP contribution in [-0.2, 0) is 6.18 Å². The molecule has 0 amide bonds. The van der Waals surface area contributed by atoms with Crippen LogP contribution in [0.4, 0.5) is 19.0 Å². The van der Waals surface area contributed by atoms with E-state index in [0.29, 0.717) is 11.9 Å². The van der Waals surface area contributed by atoms with Gasteiger partial charge in [-0.15, -0.1) is 0 Å². The van der Waals surface area contributed by atoms with Gasteiger partial charge >= 0.3 is 6.18 Å². The van der Waals surface area contributed by atoms with E-state index in [1.165, 1.54) is 6.07 Å². The first-order valence-electron chi connectivity index (χ1n) is 6.51. The van der Waals surface area contributed by atoms with Gasteiger partial charge in [-0.05, 0) is 31.5 Å². The van der Waals surface area contributed by atoms with Gasteiger partial charge in [0.25, 0.3) is 0 Å². The molecule has 0 unspecified atom stereocenters. The van der Waals surface area contributed by atoms with Gasteiger partial charge < -0.3 is 10.2 Å². The molecule has 0 spiro atoms. The normalized spacial score (nSPS) is 18.5. The number of rotatable bonds is 3. The summed E-state index contributed by atoms with van der Waals surface area (Å²) in [4.78, 5) is 6.19. The van der Waals surface area contributed by atoms with E-state index >= 15 is 0 Å². The molecule has 1 N–H and O–H groups in total. The number of pyridine rings is 1. The van der Waals surface area contributed by atoms with Gasteiger partial charge in [-0.25, -0.2) is 4.98 Å². The third-order valence-corrected chi connectivity index (χ3v) is 3.48. The predicted molar refractivity (Wildman–Crippen MR) is 68.0 cm³/mol. The van der Waals surface area contributed by atoms with Crippen LogP contribution in [0, 0.1) is 0 Å². The number of nitrogens with one attached hydrogen (secondary N) is 1. The monoisotopic (exact) mass is 273 g/mol. The first-order valence-corrected chi connectivity index (χ1v) is 6.51. The van der Waals surface area contributed by atoms with Crippen molar-refractivity contribution in [3.05, 3.63) is 23.9 Å². The Hall–Kier alpha value is -1.30. The van der Waals surface area contributed by atoms with E-state index in [1.54, 1.807) is 0 Å². The average molecular weight is 273 g/mol. The lowest BCUT2D eigenvalue weighted by atomic mass is 10.1. The number of hydrogen-bond donors (Lipinski definition) is 1. The van der Waals surface area contributed by atoms with Crippen LogP contribution in [0.2, 0.25) is 0 Å². The van der Waals surface area contributed by atoms with Gasteiger partial charge in [0.1, 0.15) is 5.82 Å². The molecule has 1 aromatic heterocycles. The van der Waals surface area contributed by atoms with Gasteiger partial charge in [0.05, 0.1) is 5.56 Å². The average Bonchev–Trinajstić information content (AvgIpc) is 2.39. The molecule has 1 aromatic rings. The van der Waals surface area contributed by atoms with Crippen molar-refractivity contribution < 1.29 is 13.2 Å². The summed E-state index contributed by atoms with van der Waals surface area (Å²) >= 11 is 0.